The average molecular weight is 358 g/mol. The minimum Gasteiger partial charge on any atom is -0.172 e. The van der Waals surface area contributed by atoms with Gasteiger partial charge in [0.05, 0.1) is 23.1 Å². The molecule has 106 valence electrons. The molecular formula is C14H6N4S4. The summed E-state index contributed by atoms with van der Waals surface area (Å²) in [6.45, 7) is 0. The van der Waals surface area contributed by atoms with Crippen LogP contribution in [0.5, 0.6) is 0 Å². The van der Waals surface area contributed by atoms with Gasteiger partial charge >= 0.3 is 0 Å². The molecule has 3 aromatic heterocycles. The zero-order valence-corrected chi connectivity index (χ0v) is 14.2. The summed E-state index contributed by atoms with van der Waals surface area (Å²) in [5.74, 6) is 0. The predicted octanol–water partition coefficient (Wildman–Crippen LogP) is 5.87. The summed E-state index contributed by atoms with van der Waals surface area (Å²) < 4.78 is 18.2. The topological polar surface area (TPSA) is 50.5 Å². The second-order valence-electron chi connectivity index (χ2n) is 4.63. The Kier molecular flexibility index (Phi) is 2.83. The highest BCUT2D eigenvalue weighted by Crippen LogP contribution is 2.52. The summed E-state index contributed by atoms with van der Waals surface area (Å²) in [4.78, 5) is 2.32. The van der Waals surface area contributed by atoms with E-state index in [0.717, 1.165) is 43.3 Å². The third kappa shape index (κ3) is 1.72. The third-order valence-electron chi connectivity index (χ3n) is 3.46. The third-order valence-corrected chi connectivity index (χ3v) is 6.29. The van der Waals surface area contributed by atoms with Crippen molar-refractivity contribution < 1.29 is 0 Å². The van der Waals surface area contributed by atoms with E-state index in [1.54, 1.807) is 22.7 Å². The van der Waals surface area contributed by atoms with Crippen molar-refractivity contribution in [3.63, 3.8) is 0 Å². The van der Waals surface area contributed by atoms with Crippen LogP contribution in [0.3, 0.4) is 0 Å². The number of thiophene rings is 2. The van der Waals surface area contributed by atoms with Gasteiger partial charge in [0.25, 0.3) is 0 Å². The molecule has 0 radical (unpaired) electrons. The maximum atomic E-state index is 4.55. The van der Waals surface area contributed by atoms with Crippen molar-refractivity contribution >= 4 is 68.2 Å². The molecule has 0 atom stereocenters. The van der Waals surface area contributed by atoms with Crippen LogP contribution < -0.4 is 0 Å². The molecule has 0 N–H and O–H groups in total. The molecule has 0 unspecified atom stereocenters. The quantitative estimate of drug-likeness (QED) is 0.396. The normalized spacial score (nSPS) is 12.7. The first-order valence-corrected chi connectivity index (χ1v) is 9.63. The molecule has 1 aromatic carbocycles. The fourth-order valence-electron chi connectivity index (χ4n) is 2.57. The number of fused-ring (bicyclic) bond motifs is 2. The number of nitrogens with zero attached hydrogens (tertiary/aromatic N) is 4. The Morgan fingerprint density at radius 1 is 0.727 bits per heavy atom. The Hall–Kier alpha value is -1.74. The SMILES string of the molecule is c1csc(-c2c3c(c(-c4cccs4)c4nsnc24)N=S=N3)c1. The zero-order chi connectivity index (χ0) is 14.5. The number of rotatable bonds is 2. The van der Waals surface area contributed by atoms with Crippen molar-refractivity contribution in [2.24, 2.45) is 8.73 Å². The van der Waals surface area contributed by atoms with Crippen LogP contribution in [0.4, 0.5) is 11.4 Å². The fraction of sp³-hybridized carbons (Fsp3) is 0. The van der Waals surface area contributed by atoms with E-state index in [0.29, 0.717) is 0 Å². The predicted molar refractivity (Wildman–Crippen MR) is 95.6 cm³/mol. The summed E-state index contributed by atoms with van der Waals surface area (Å²) in [6, 6.07) is 8.29. The van der Waals surface area contributed by atoms with E-state index in [1.807, 2.05) is 12.1 Å². The van der Waals surface area contributed by atoms with E-state index >= 15 is 0 Å². The van der Waals surface area contributed by atoms with Gasteiger partial charge in [0.2, 0.25) is 0 Å². The molecule has 1 aliphatic heterocycles. The Labute approximate surface area is 141 Å². The summed E-state index contributed by atoms with van der Waals surface area (Å²) in [6.07, 6.45) is 0. The minimum absolute atomic E-state index is 0.927. The highest BCUT2D eigenvalue weighted by molar-refractivity contribution is 7.58. The molecule has 0 fully saturated rings. The van der Waals surface area contributed by atoms with Crippen LogP contribution in [-0.2, 0) is 11.4 Å². The van der Waals surface area contributed by atoms with Gasteiger partial charge in [-0.3, -0.25) is 0 Å². The van der Waals surface area contributed by atoms with Crippen LogP contribution >= 0.6 is 34.4 Å². The van der Waals surface area contributed by atoms with Gasteiger partial charge in [-0.2, -0.15) is 17.5 Å². The first kappa shape index (κ1) is 12.8. The molecule has 0 amide bonds. The van der Waals surface area contributed by atoms with Crippen LogP contribution in [0.15, 0.2) is 43.8 Å². The van der Waals surface area contributed by atoms with Crippen molar-refractivity contribution in [1.29, 1.82) is 0 Å². The molecule has 4 aromatic rings. The number of benzene rings is 1. The number of hydrogen-bond donors (Lipinski definition) is 0. The first-order valence-electron chi connectivity index (χ1n) is 6.42. The molecule has 1 aliphatic rings. The van der Waals surface area contributed by atoms with E-state index in [1.165, 1.54) is 23.1 Å². The lowest BCUT2D eigenvalue weighted by Crippen LogP contribution is -1.84. The molecule has 22 heavy (non-hydrogen) atoms. The molecular weight excluding hydrogens is 352 g/mol. The molecule has 0 saturated carbocycles. The molecule has 0 saturated heterocycles. The summed E-state index contributed by atoms with van der Waals surface area (Å²) >= 11 is 5.88. The van der Waals surface area contributed by atoms with Crippen molar-refractivity contribution in [3.05, 3.63) is 35.0 Å². The van der Waals surface area contributed by atoms with Gasteiger partial charge in [-0.25, -0.2) is 0 Å². The molecule has 5 rings (SSSR count). The Morgan fingerprint density at radius 3 is 1.73 bits per heavy atom. The van der Waals surface area contributed by atoms with Gasteiger partial charge in [-0.1, -0.05) is 12.1 Å². The van der Waals surface area contributed by atoms with E-state index in [2.05, 4.69) is 40.4 Å². The highest BCUT2D eigenvalue weighted by Gasteiger charge is 2.26. The van der Waals surface area contributed by atoms with Crippen molar-refractivity contribution in [2.45, 2.75) is 0 Å². The van der Waals surface area contributed by atoms with Gasteiger partial charge in [-0.05, 0) is 22.9 Å². The van der Waals surface area contributed by atoms with E-state index in [-0.39, 0.29) is 0 Å². The molecule has 8 heteroatoms. The van der Waals surface area contributed by atoms with Gasteiger partial charge in [-0.15, -0.1) is 22.7 Å². The van der Waals surface area contributed by atoms with Crippen LogP contribution in [0.25, 0.3) is 31.9 Å². The largest absolute Gasteiger partial charge is 0.172 e. The van der Waals surface area contributed by atoms with Gasteiger partial charge < -0.3 is 0 Å². The Morgan fingerprint density at radius 2 is 1.27 bits per heavy atom. The summed E-state index contributed by atoms with van der Waals surface area (Å²) in [5, 5.41) is 4.14. The van der Waals surface area contributed by atoms with E-state index in [9.17, 15) is 0 Å². The maximum absolute atomic E-state index is 4.55. The van der Waals surface area contributed by atoms with Gasteiger partial charge in [0.15, 0.2) is 0 Å². The van der Waals surface area contributed by atoms with Crippen molar-refractivity contribution in [3.8, 4) is 20.9 Å². The minimum atomic E-state index is 0.927. The fourth-order valence-corrected chi connectivity index (χ4v) is 5.23. The number of aromatic nitrogens is 2. The smallest absolute Gasteiger partial charge is 0.116 e. The van der Waals surface area contributed by atoms with Gasteiger partial charge in [0, 0.05) is 20.9 Å². The van der Waals surface area contributed by atoms with E-state index < -0.39 is 0 Å². The maximum Gasteiger partial charge on any atom is 0.116 e. The second-order valence-corrected chi connectivity index (χ2v) is 7.58. The van der Waals surface area contributed by atoms with Crippen molar-refractivity contribution in [1.82, 2.24) is 8.75 Å². The summed E-state index contributed by atoms with van der Waals surface area (Å²) in [7, 11) is 0. The molecule has 0 aliphatic carbocycles. The first-order chi connectivity index (χ1) is 10.9. The lowest BCUT2D eigenvalue weighted by Gasteiger charge is -2.09. The van der Waals surface area contributed by atoms with Crippen LogP contribution in [-0.4, -0.2) is 8.75 Å². The number of hydrogen-bond acceptors (Lipinski definition) is 7. The monoisotopic (exact) mass is 358 g/mol. The Balaban J connectivity index is 1.97. The highest BCUT2D eigenvalue weighted by atomic mass is 32.1. The second kappa shape index (κ2) is 4.88. The standard InChI is InChI=1S/C14H6N4S4/c1-3-7(19-5-1)9-11-13(17-21-15-11)10(8-4-2-6-20-8)14-12(9)16-22-18-14/h1-6H. The lowest BCUT2D eigenvalue weighted by atomic mass is 10.0. The van der Waals surface area contributed by atoms with E-state index in [4.69, 9.17) is 0 Å². The summed E-state index contributed by atoms with van der Waals surface area (Å²) in [5.41, 5.74) is 5.82. The zero-order valence-electron chi connectivity index (χ0n) is 10.9. The van der Waals surface area contributed by atoms with Crippen molar-refractivity contribution in [2.75, 3.05) is 0 Å². The van der Waals surface area contributed by atoms with Crippen LogP contribution in [0.1, 0.15) is 0 Å². The lowest BCUT2D eigenvalue weighted by molar-refractivity contribution is 1.54. The molecule has 0 spiro atoms. The molecule has 4 nitrogen and oxygen atoms in total. The molecule has 0 bridgehead atoms. The Bertz CT molecular complexity index is 974. The van der Waals surface area contributed by atoms with Crippen LogP contribution in [0, 0.1) is 0 Å². The van der Waals surface area contributed by atoms with Gasteiger partial charge in [0.1, 0.15) is 22.4 Å². The molecule has 4 heterocycles. The van der Waals surface area contributed by atoms with Crippen LogP contribution in [0.2, 0.25) is 0 Å². The average Bonchev–Trinajstić information content (AvgIpc) is 3.29.